The van der Waals surface area contributed by atoms with Gasteiger partial charge in [0.05, 0.1) is 23.7 Å². The van der Waals surface area contributed by atoms with Gasteiger partial charge in [0.2, 0.25) is 0 Å². The summed E-state index contributed by atoms with van der Waals surface area (Å²) in [4.78, 5) is 12.1. The van der Waals surface area contributed by atoms with E-state index in [2.05, 4.69) is 31.6 Å². The molecule has 5 nitrogen and oxygen atoms in total. The molecule has 3 rings (SSSR count). The average Bonchev–Trinajstić information content (AvgIpc) is 3.07. The normalized spacial score (nSPS) is 10.9. The first-order valence-corrected chi connectivity index (χ1v) is 8.18. The van der Waals surface area contributed by atoms with Gasteiger partial charge < -0.3 is 0 Å². The molecule has 0 saturated heterocycles. The number of hydrogen-bond acceptors (Lipinski definition) is 3. The van der Waals surface area contributed by atoms with Crippen LogP contribution < -0.4 is 5.43 Å². The first-order valence-electron chi connectivity index (χ1n) is 7.01. The number of nitrogens with zero attached hydrogens (tertiary/aromatic N) is 3. The number of carbonyl (C=O) groups excluding carboxylic acids is 1. The summed E-state index contributed by atoms with van der Waals surface area (Å²) in [6.45, 7) is 0. The van der Waals surface area contributed by atoms with E-state index >= 15 is 0 Å². The van der Waals surface area contributed by atoms with Gasteiger partial charge in [0, 0.05) is 15.7 Å². The van der Waals surface area contributed by atoms with Crippen molar-refractivity contribution in [2.24, 2.45) is 5.10 Å². The van der Waals surface area contributed by atoms with Crippen LogP contribution in [0.4, 0.5) is 0 Å². The zero-order valence-corrected chi connectivity index (χ0v) is 14.7. The van der Waals surface area contributed by atoms with Gasteiger partial charge in [-0.3, -0.25) is 4.79 Å². The molecule has 3 aromatic rings. The highest BCUT2D eigenvalue weighted by molar-refractivity contribution is 9.10. The van der Waals surface area contributed by atoms with Crippen molar-refractivity contribution in [2.75, 3.05) is 0 Å². The topological polar surface area (TPSA) is 59.3 Å². The standard InChI is InChI=1S/C17H12BrClN4O/c18-14-3-7-16(8-4-14)23-11-13(10-21-23)17(24)22-20-9-12-1-5-15(19)6-2-12/h1-11H,(H,22,24)/b20-9-. The fourth-order valence-corrected chi connectivity index (χ4v) is 2.34. The third-order valence-corrected chi connectivity index (χ3v) is 3.97. The minimum absolute atomic E-state index is 0.330. The number of rotatable bonds is 4. The van der Waals surface area contributed by atoms with Crippen molar-refractivity contribution in [1.29, 1.82) is 0 Å². The van der Waals surface area contributed by atoms with Crippen LogP contribution in [-0.2, 0) is 0 Å². The molecule has 0 aliphatic carbocycles. The maximum absolute atomic E-state index is 12.1. The van der Waals surface area contributed by atoms with Crippen LogP contribution in [0.3, 0.4) is 0 Å². The lowest BCUT2D eigenvalue weighted by Gasteiger charge is -2.00. The Kier molecular flexibility index (Phi) is 5.08. The number of amides is 1. The molecule has 24 heavy (non-hydrogen) atoms. The van der Waals surface area contributed by atoms with Crippen molar-refractivity contribution in [3.63, 3.8) is 0 Å². The third kappa shape index (κ3) is 4.10. The number of carbonyl (C=O) groups is 1. The Bertz CT molecular complexity index is 872. The van der Waals surface area contributed by atoms with Crippen LogP contribution in [0.25, 0.3) is 5.69 Å². The summed E-state index contributed by atoms with van der Waals surface area (Å²) in [6, 6.07) is 14.8. The molecule has 0 saturated carbocycles. The number of hydrogen-bond donors (Lipinski definition) is 1. The van der Waals surface area contributed by atoms with E-state index in [0.717, 1.165) is 15.7 Å². The molecule has 1 heterocycles. The minimum Gasteiger partial charge on any atom is -0.267 e. The van der Waals surface area contributed by atoms with Crippen molar-refractivity contribution in [3.05, 3.63) is 81.5 Å². The SMILES string of the molecule is O=C(N/N=C\c1ccc(Cl)cc1)c1cnn(-c2ccc(Br)cc2)c1. The highest BCUT2D eigenvalue weighted by atomic mass is 79.9. The maximum Gasteiger partial charge on any atom is 0.274 e. The van der Waals surface area contributed by atoms with Crippen LogP contribution in [-0.4, -0.2) is 21.9 Å². The van der Waals surface area contributed by atoms with Gasteiger partial charge in [0.15, 0.2) is 0 Å². The van der Waals surface area contributed by atoms with Crippen LogP contribution in [0.5, 0.6) is 0 Å². The zero-order chi connectivity index (χ0) is 16.9. The van der Waals surface area contributed by atoms with Crippen molar-refractivity contribution in [3.8, 4) is 5.69 Å². The van der Waals surface area contributed by atoms with E-state index in [0.29, 0.717) is 10.6 Å². The first kappa shape index (κ1) is 16.4. The second kappa shape index (κ2) is 7.42. The van der Waals surface area contributed by atoms with Crippen LogP contribution in [0, 0.1) is 0 Å². The molecule has 1 N–H and O–H groups in total. The predicted molar refractivity (Wildman–Crippen MR) is 97.8 cm³/mol. The summed E-state index contributed by atoms with van der Waals surface area (Å²) in [5.74, 6) is -0.330. The Morgan fingerprint density at radius 3 is 2.58 bits per heavy atom. The van der Waals surface area contributed by atoms with Gasteiger partial charge >= 0.3 is 0 Å². The Balaban J connectivity index is 1.65. The van der Waals surface area contributed by atoms with Gasteiger partial charge in [-0.2, -0.15) is 10.2 Å². The van der Waals surface area contributed by atoms with E-state index in [1.165, 1.54) is 6.20 Å². The molecule has 0 aliphatic rings. The second-order valence-corrected chi connectivity index (χ2v) is 6.25. The predicted octanol–water partition coefficient (Wildman–Crippen LogP) is 4.05. The lowest BCUT2D eigenvalue weighted by molar-refractivity contribution is 0.0955. The first-order chi connectivity index (χ1) is 11.6. The third-order valence-electron chi connectivity index (χ3n) is 3.19. The van der Waals surface area contributed by atoms with Crippen LogP contribution in [0.1, 0.15) is 15.9 Å². The molecule has 2 aromatic carbocycles. The van der Waals surface area contributed by atoms with Gasteiger partial charge in [0.25, 0.3) is 5.91 Å². The monoisotopic (exact) mass is 402 g/mol. The van der Waals surface area contributed by atoms with Gasteiger partial charge in [0.1, 0.15) is 0 Å². The number of benzene rings is 2. The molecular formula is C17H12BrClN4O. The summed E-state index contributed by atoms with van der Waals surface area (Å²) in [7, 11) is 0. The van der Waals surface area contributed by atoms with E-state index in [4.69, 9.17) is 11.6 Å². The van der Waals surface area contributed by atoms with E-state index in [1.54, 1.807) is 29.2 Å². The Hall–Kier alpha value is -2.44. The Morgan fingerprint density at radius 1 is 1.17 bits per heavy atom. The van der Waals surface area contributed by atoms with Crippen molar-refractivity contribution >= 4 is 39.7 Å². The van der Waals surface area contributed by atoms with E-state index in [-0.39, 0.29) is 5.91 Å². The molecule has 7 heteroatoms. The van der Waals surface area contributed by atoms with Gasteiger partial charge in [-0.1, -0.05) is 39.7 Å². The van der Waals surface area contributed by atoms with Crippen molar-refractivity contribution in [2.45, 2.75) is 0 Å². The highest BCUT2D eigenvalue weighted by Gasteiger charge is 2.08. The lowest BCUT2D eigenvalue weighted by Crippen LogP contribution is -2.16. The minimum atomic E-state index is -0.330. The molecular weight excluding hydrogens is 392 g/mol. The Labute approximate surface area is 152 Å². The van der Waals surface area contributed by atoms with E-state index in [9.17, 15) is 4.79 Å². The fourth-order valence-electron chi connectivity index (χ4n) is 1.95. The number of hydrazone groups is 1. The zero-order valence-electron chi connectivity index (χ0n) is 12.4. The molecule has 0 unspecified atom stereocenters. The second-order valence-electron chi connectivity index (χ2n) is 4.90. The number of aromatic nitrogens is 2. The van der Waals surface area contributed by atoms with Gasteiger partial charge in [-0.05, 0) is 42.0 Å². The molecule has 0 spiro atoms. The van der Waals surface area contributed by atoms with Crippen molar-refractivity contribution < 1.29 is 4.79 Å². The average molecular weight is 404 g/mol. The van der Waals surface area contributed by atoms with Crippen LogP contribution in [0.15, 0.2) is 70.5 Å². The molecule has 0 atom stereocenters. The van der Waals surface area contributed by atoms with E-state index in [1.807, 2.05) is 36.4 Å². The molecule has 1 amide bonds. The van der Waals surface area contributed by atoms with Crippen LogP contribution >= 0.6 is 27.5 Å². The molecule has 0 radical (unpaired) electrons. The van der Waals surface area contributed by atoms with E-state index < -0.39 is 0 Å². The summed E-state index contributed by atoms with van der Waals surface area (Å²) in [6.07, 6.45) is 4.69. The molecule has 1 aromatic heterocycles. The summed E-state index contributed by atoms with van der Waals surface area (Å²) < 4.78 is 2.61. The quantitative estimate of drug-likeness (QED) is 0.528. The largest absolute Gasteiger partial charge is 0.274 e. The summed E-state index contributed by atoms with van der Waals surface area (Å²) >= 11 is 9.19. The highest BCUT2D eigenvalue weighted by Crippen LogP contribution is 2.14. The van der Waals surface area contributed by atoms with Gasteiger partial charge in [-0.15, -0.1) is 0 Å². The molecule has 120 valence electrons. The molecule has 0 fully saturated rings. The molecule has 0 bridgehead atoms. The number of nitrogens with one attached hydrogen (secondary N) is 1. The maximum atomic E-state index is 12.1. The lowest BCUT2D eigenvalue weighted by atomic mass is 10.2. The fraction of sp³-hybridized carbons (Fsp3) is 0. The summed E-state index contributed by atoms with van der Waals surface area (Å²) in [5.41, 5.74) is 4.60. The summed E-state index contributed by atoms with van der Waals surface area (Å²) in [5, 5.41) is 8.77. The van der Waals surface area contributed by atoms with Crippen molar-refractivity contribution in [1.82, 2.24) is 15.2 Å². The molecule has 0 aliphatic heterocycles. The smallest absolute Gasteiger partial charge is 0.267 e. The number of halogens is 2. The Morgan fingerprint density at radius 2 is 1.88 bits per heavy atom. The van der Waals surface area contributed by atoms with Gasteiger partial charge in [-0.25, -0.2) is 10.1 Å². The van der Waals surface area contributed by atoms with Crippen LogP contribution in [0.2, 0.25) is 5.02 Å².